The highest BCUT2D eigenvalue weighted by molar-refractivity contribution is 5.85. The van der Waals surface area contributed by atoms with Crippen molar-refractivity contribution in [3.8, 4) is 0 Å². The van der Waals surface area contributed by atoms with Gasteiger partial charge in [-0.1, -0.05) is 0 Å². The standard InChI is InChI=1S/C9H16N4.2ClH/c1-6-4-8(11-2)13-9(12-3)7(6)5-10;;/h4H,5,10H2,1-3H3,(H2,11,12,13);2*1H. The number of nitrogens with one attached hydrogen (secondary N) is 2. The fourth-order valence-corrected chi connectivity index (χ4v) is 1.29. The largest absolute Gasteiger partial charge is 0.373 e. The third-order valence-electron chi connectivity index (χ3n) is 2.04. The molecule has 88 valence electrons. The summed E-state index contributed by atoms with van der Waals surface area (Å²) in [6.07, 6.45) is 0. The maximum absolute atomic E-state index is 5.62. The van der Waals surface area contributed by atoms with Crippen LogP contribution in [0.1, 0.15) is 11.1 Å². The van der Waals surface area contributed by atoms with Crippen LogP contribution >= 0.6 is 24.8 Å². The number of anilines is 2. The number of rotatable bonds is 3. The Morgan fingerprint density at radius 2 is 1.87 bits per heavy atom. The zero-order valence-corrected chi connectivity index (χ0v) is 10.8. The van der Waals surface area contributed by atoms with Gasteiger partial charge < -0.3 is 16.4 Å². The molecule has 4 N–H and O–H groups in total. The van der Waals surface area contributed by atoms with Crippen LogP contribution in [0.2, 0.25) is 0 Å². The van der Waals surface area contributed by atoms with Crippen LogP contribution in [0, 0.1) is 6.92 Å². The van der Waals surface area contributed by atoms with Crippen LogP contribution in [-0.4, -0.2) is 19.1 Å². The molecule has 0 aromatic carbocycles. The molecule has 1 rings (SSSR count). The lowest BCUT2D eigenvalue weighted by atomic mass is 10.1. The SMILES string of the molecule is CNc1cc(C)c(CN)c(NC)n1.Cl.Cl. The molecule has 0 saturated heterocycles. The van der Waals surface area contributed by atoms with Crippen molar-refractivity contribution in [2.24, 2.45) is 5.73 Å². The van der Waals surface area contributed by atoms with E-state index in [1.54, 1.807) is 0 Å². The predicted octanol–water partition coefficient (Wildman–Crippen LogP) is 1.78. The van der Waals surface area contributed by atoms with Gasteiger partial charge in [0.15, 0.2) is 0 Å². The molecule has 0 bridgehead atoms. The van der Waals surface area contributed by atoms with E-state index in [0.717, 1.165) is 22.8 Å². The summed E-state index contributed by atoms with van der Waals surface area (Å²) in [6.45, 7) is 2.55. The maximum atomic E-state index is 5.62. The van der Waals surface area contributed by atoms with Crippen molar-refractivity contribution >= 4 is 36.4 Å². The fourth-order valence-electron chi connectivity index (χ4n) is 1.29. The maximum Gasteiger partial charge on any atom is 0.132 e. The second-order valence-corrected chi connectivity index (χ2v) is 2.86. The van der Waals surface area contributed by atoms with Crippen LogP contribution in [0.15, 0.2) is 6.07 Å². The summed E-state index contributed by atoms with van der Waals surface area (Å²) in [5, 5.41) is 6.03. The Kier molecular flexibility index (Phi) is 8.43. The molecule has 0 fully saturated rings. The molecule has 0 amide bonds. The van der Waals surface area contributed by atoms with E-state index in [2.05, 4.69) is 15.6 Å². The number of aryl methyl sites for hydroxylation is 1. The van der Waals surface area contributed by atoms with Gasteiger partial charge >= 0.3 is 0 Å². The third-order valence-corrected chi connectivity index (χ3v) is 2.04. The first-order valence-corrected chi connectivity index (χ1v) is 4.29. The summed E-state index contributed by atoms with van der Waals surface area (Å²) in [5.41, 5.74) is 7.85. The zero-order valence-electron chi connectivity index (χ0n) is 9.13. The van der Waals surface area contributed by atoms with Crippen LogP contribution in [0.25, 0.3) is 0 Å². The molecule has 0 aliphatic rings. The van der Waals surface area contributed by atoms with E-state index < -0.39 is 0 Å². The molecular formula is C9H18Cl2N4. The van der Waals surface area contributed by atoms with E-state index in [1.807, 2.05) is 27.1 Å². The van der Waals surface area contributed by atoms with E-state index in [4.69, 9.17) is 5.73 Å². The number of nitrogens with two attached hydrogens (primary N) is 1. The Labute approximate surface area is 103 Å². The first-order valence-electron chi connectivity index (χ1n) is 4.29. The summed E-state index contributed by atoms with van der Waals surface area (Å²) in [6, 6.07) is 1.99. The Morgan fingerprint density at radius 3 is 2.27 bits per heavy atom. The number of hydrogen-bond acceptors (Lipinski definition) is 4. The molecule has 0 aliphatic carbocycles. The van der Waals surface area contributed by atoms with Crippen LogP contribution < -0.4 is 16.4 Å². The molecule has 0 aliphatic heterocycles. The van der Waals surface area contributed by atoms with Crippen molar-refractivity contribution in [3.05, 3.63) is 17.2 Å². The minimum absolute atomic E-state index is 0. The Hall–Kier alpha value is -0.710. The summed E-state index contributed by atoms with van der Waals surface area (Å²) in [7, 11) is 3.70. The molecule has 15 heavy (non-hydrogen) atoms. The van der Waals surface area contributed by atoms with Gasteiger partial charge in [-0.05, 0) is 18.6 Å². The Balaban J connectivity index is 0. The Bertz CT molecular complexity index is 304. The zero-order chi connectivity index (χ0) is 9.84. The lowest BCUT2D eigenvalue weighted by Gasteiger charge is -2.11. The predicted molar refractivity (Wildman–Crippen MR) is 70.5 cm³/mol. The first kappa shape index (κ1) is 16.7. The van der Waals surface area contributed by atoms with E-state index in [0.29, 0.717) is 6.54 Å². The van der Waals surface area contributed by atoms with Gasteiger partial charge in [0, 0.05) is 26.2 Å². The molecule has 4 nitrogen and oxygen atoms in total. The van der Waals surface area contributed by atoms with Gasteiger partial charge in [0.2, 0.25) is 0 Å². The Morgan fingerprint density at radius 1 is 1.27 bits per heavy atom. The van der Waals surface area contributed by atoms with E-state index in [-0.39, 0.29) is 24.8 Å². The van der Waals surface area contributed by atoms with E-state index >= 15 is 0 Å². The summed E-state index contributed by atoms with van der Waals surface area (Å²) < 4.78 is 0. The number of aromatic nitrogens is 1. The fraction of sp³-hybridized carbons (Fsp3) is 0.444. The van der Waals surface area contributed by atoms with Gasteiger partial charge in [-0.3, -0.25) is 0 Å². The number of halogens is 2. The minimum Gasteiger partial charge on any atom is -0.373 e. The highest BCUT2D eigenvalue weighted by Gasteiger charge is 2.05. The molecule has 1 aromatic heterocycles. The second kappa shape index (κ2) is 7.56. The molecular weight excluding hydrogens is 235 g/mol. The van der Waals surface area contributed by atoms with Crippen molar-refractivity contribution in [2.45, 2.75) is 13.5 Å². The van der Waals surface area contributed by atoms with Crippen molar-refractivity contribution in [1.82, 2.24) is 4.98 Å². The van der Waals surface area contributed by atoms with Crippen LogP contribution in [0.4, 0.5) is 11.6 Å². The number of hydrogen-bond donors (Lipinski definition) is 3. The molecule has 1 heterocycles. The molecule has 0 unspecified atom stereocenters. The normalized spacial score (nSPS) is 8.53. The van der Waals surface area contributed by atoms with Crippen LogP contribution in [0.5, 0.6) is 0 Å². The smallest absolute Gasteiger partial charge is 0.132 e. The number of pyridine rings is 1. The van der Waals surface area contributed by atoms with Crippen molar-refractivity contribution < 1.29 is 0 Å². The van der Waals surface area contributed by atoms with Crippen molar-refractivity contribution in [3.63, 3.8) is 0 Å². The average molecular weight is 253 g/mol. The monoisotopic (exact) mass is 252 g/mol. The molecule has 0 saturated carbocycles. The minimum atomic E-state index is 0. The highest BCUT2D eigenvalue weighted by atomic mass is 35.5. The molecule has 0 radical (unpaired) electrons. The van der Waals surface area contributed by atoms with Crippen molar-refractivity contribution in [1.29, 1.82) is 0 Å². The topological polar surface area (TPSA) is 63.0 Å². The summed E-state index contributed by atoms with van der Waals surface area (Å²) in [5.74, 6) is 1.71. The molecule has 1 aromatic rings. The molecule has 0 atom stereocenters. The van der Waals surface area contributed by atoms with E-state index in [9.17, 15) is 0 Å². The number of nitrogens with zero attached hydrogens (tertiary/aromatic N) is 1. The van der Waals surface area contributed by atoms with Crippen LogP contribution in [0.3, 0.4) is 0 Å². The lowest BCUT2D eigenvalue weighted by molar-refractivity contribution is 1.02. The van der Waals surface area contributed by atoms with Gasteiger partial charge in [0.25, 0.3) is 0 Å². The summed E-state index contributed by atoms with van der Waals surface area (Å²) >= 11 is 0. The van der Waals surface area contributed by atoms with Gasteiger partial charge in [0.05, 0.1) is 0 Å². The van der Waals surface area contributed by atoms with Gasteiger partial charge in [-0.25, -0.2) is 4.98 Å². The van der Waals surface area contributed by atoms with Crippen molar-refractivity contribution in [2.75, 3.05) is 24.7 Å². The molecule has 0 spiro atoms. The van der Waals surface area contributed by atoms with Gasteiger partial charge in [-0.15, -0.1) is 24.8 Å². The first-order chi connectivity index (χ1) is 6.22. The van der Waals surface area contributed by atoms with Gasteiger partial charge in [-0.2, -0.15) is 0 Å². The van der Waals surface area contributed by atoms with Crippen LogP contribution in [-0.2, 0) is 6.54 Å². The van der Waals surface area contributed by atoms with E-state index in [1.165, 1.54) is 0 Å². The third kappa shape index (κ3) is 3.74. The average Bonchev–Trinajstić information content (AvgIpc) is 2.16. The summed E-state index contributed by atoms with van der Waals surface area (Å²) in [4.78, 5) is 4.34. The lowest BCUT2D eigenvalue weighted by Crippen LogP contribution is -2.08. The molecule has 6 heteroatoms. The quantitative estimate of drug-likeness (QED) is 0.768. The van der Waals surface area contributed by atoms with Gasteiger partial charge in [0.1, 0.15) is 11.6 Å². The highest BCUT2D eigenvalue weighted by Crippen LogP contribution is 2.19. The second-order valence-electron chi connectivity index (χ2n) is 2.86.